The van der Waals surface area contributed by atoms with E-state index in [-0.39, 0.29) is 17.2 Å². The summed E-state index contributed by atoms with van der Waals surface area (Å²) >= 11 is 0. The third-order valence-electron chi connectivity index (χ3n) is 4.69. The highest BCUT2D eigenvalue weighted by Crippen LogP contribution is 2.40. The Morgan fingerprint density at radius 2 is 2.12 bits per heavy atom. The summed E-state index contributed by atoms with van der Waals surface area (Å²) in [7, 11) is 1.90. The van der Waals surface area contributed by atoms with Gasteiger partial charge in [0.05, 0.1) is 6.04 Å². The normalized spacial score (nSPS) is 15.3. The molecule has 1 unspecified atom stereocenters. The van der Waals surface area contributed by atoms with Crippen LogP contribution in [0.5, 0.6) is 0 Å². The fourth-order valence-corrected chi connectivity index (χ4v) is 3.15. The summed E-state index contributed by atoms with van der Waals surface area (Å²) in [6, 6.07) is 5.21. The van der Waals surface area contributed by atoms with Crippen molar-refractivity contribution < 1.29 is 4.79 Å². The van der Waals surface area contributed by atoms with E-state index in [0.717, 1.165) is 24.4 Å². The van der Waals surface area contributed by atoms with E-state index < -0.39 is 5.91 Å². The van der Waals surface area contributed by atoms with E-state index in [1.165, 1.54) is 10.6 Å². The predicted octanol–water partition coefficient (Wildman–Crippen LogP) is 1.62. The first-order valence-corrected chi connectivity index (χ1v) is 8.31. The Kier molecular flexibility index (Phi) is 3.63. The van der Waals surface area contributed by atoms with E-state index >= 15 is 0 Å². The van der Waals surface area contributed by atoms with Crippen LogP contribution in [0.3, 0.4) is 0 Å². The largest absolute Gasteiger partial charge is 0.342 e. The maximum Gasteiger partial charge on any atom is 0.270 e. The number of aryl methyl sites for hydroxylation is 2. The molecule has 3 heterocycles. The molecule has 1 fully saturated rings. The van der Waals surface area contributed by atoms with Gasteiger partial charge in [0.15, 0.2) is 0 Å². The van der Waals surface area contributed by atoms with E-state index in [0.29, 0.717) is 11.6 Å². The van der Waals surface area contributed by atoms with Gasteiger partial charge in [0.1, 0.15) is 17.0 Å². The van der Waals surface area contributed by atoms with Crippen LogP contribution < -0.4 is 10.9 Å². The Bertz CT molecular complexity index is 1020. The van der Waals surface area contributed by atoms with Gasteiger partial charge in [-0.1, -0.05) is 6.07 Å². The van der Waals surface area contributed by atoms with Gasteiger partial charge in [0.2, 0.25) is 0 Å². The van der Waals surface area contributed by atoms with Crippen LogP contribution in [-0.2, 0) is 7.05 Å². The van der Waals surface area contributed by atoms with Crippen molar-refractivity contribution in [2.24, 2.45) is 13.0 Å². The molecule has 0 aromatic carbocycles. The number of fused-ring (bicyclic) bond motifs is 1. The molecule has 1 saturated carbocycles. The van der Waals surface area contributed by atoms with Crippen LogP contribution in [0.15, 0.2) is 41.6 Å². The zero-order chi connectivity index (χ0) is 17.6. The minimum absolute atomic E-state index is 0.0478. The number of carbonyl (C=O) groups excluding carboxylic acids is 1. The molecule has 0 saturated heterocycles. The third-order valence-corrected chi connectivity index (χ3v) is 4.69. The van der Waals surface area contributed by atoms with Gasteiger partial charge >= 0.3 is 0 Å². The molecule has 7 heteroatoms. The molecule has 1 amide bonds. The number of nitrogens with zero attached hydrogens (tertiary/aromatic N) is 4. The zero-order valence-corrected chi connectivity index (χ0v) is 14.1. The Labute approximate surface area is 144 Å². The van der Waals surface area contributed by atoms with Crippen molar-refractivity contribution in [1.29, 1.82) is 0 Å². The van der Waals surface area contributed by atoms with Gasteiger partial charge < -0.3 is 9.88 Å². The van der Waals surface area contributed by atoms with Gasteiger partial charge in [0, 0.05) is 31.3 Å². The van der Waals surface area contributed by atoms with Crippen molar-refractivity contribution >= 4 is 11.6 Å². The average Bonchev–Trinajstić information content (AvgIpc) is 3.34. The maximum absolute atomic E-state index is 12.8. The molecular weight excluding hydrogens is 318 g/mol. The highest BCUT2D eigenvalue weighted by Gasteiger charge is 2.36. The zero-order valence-electron chi connectivity index (χ0n) is 14.1. The second kappa shape index (κ2) is 5.84. The summed E-state index contributed by atoms with van der Waals surface area (Å²) in [5.74, 6) is 0.763. The van der Waals surface area contributed by atoms with E-state index in [9.17, 15) is 9.59 Å². The molecule has 0 aliphatic heterocycles. The molecule has 0 radical (unpaired) electrons. The fourth-order valence-electron chi connectivity index (χ4n) is 3.15. The molecule has 1 aliphatic rings. The van der Waals surface area contributed by atoms with Gasteiger partial charge in [-0.2, -0.15) is 0 Å². The summed E-state index contributed by atoms with van der Waals surface area (Å²) in [6.45, 7) is 1.82. The minimum Gasteiger partial charge on any atom is -0.342 e. The van der Waals surface area contributed by atoms with Crippen LogP contribution in [0.1, 0.15) is 40.8 Å². The van der Waals surface area contributed by atoms with Gasteiger partial charge in [-0.05, 0) is 37.8 Å². The summed E-state index contributed by atoms with van der Waals surface area (Å²) in [6.07, 6.45) is 7.02. The summed E-state index contributed by atoms with van der Waals surface area (Å²) in [4.78, 5) is 34.1. The fraction of sp³-hybridized carbons (Fsp3) is 0.333. The average molecular weight is 337 g/mol. The van der Waals surface area contributed by atoms with E-state index in [1.807, 2.05) is 36.9 Å². The standard InChI is InChI=1S/C18H19N5O2/c1-11-4-3-5-14-20-10-13(18(25)23(11)14)17(24)21-15(12-6-7-12)16-19-8-9-22(16)2/h3-5,8-10,12,15H,6-7H2,1-2H3,(H,21,24). The van der Waals surface area contributed by atoms with Crippen LogP contribution in [0, 0.1) is 12.8 Å². The molecule has 0 bridgehead atoms. The van der Waals surface area contributed by atoms with Gasteiger partial charge in [-0.3, -0.25) is 14.0 Å². The Morgan fingerprint density at radius 3 is 2.80 bits per heavy atom. The molecule has 1 aliphatic carbocycles. The molecule has 25 heavy (non-hydrogen) atoms. The predicted molar refractivity (Wildman–Crippen MR) is 92.3 cm³/mol. The number of aromatic nitrogens is 4. The lowest BCUT2D eigenvalue weighted by Crippen LogP contribution is -2.36. The van der Waals surface area contributed by atoms with E-state index in [1.54, 1.807) is 12.3 Å². The van der Waals surface area contributed by atoms with Crippen molar-refractivity contribution in [3.63, 3.8) is 0 Å². The Hall–Kier alpha value is -2.96. The highest BCUT2D eigenvalue weighted by atomic mass is 16.2. The monoisotopic (exact) mass is 337 g/mol. The number of hydrogen-bond acceptors (Lipinski definition) is 4. The minimum atomic E-state index is -0.407. The van der Waals surface area contributed by atoms with Crippen molar-refractivity contribution in [1.82, 2.24) is 24.3 Å². The number of nitrogens with one attached hydrogen (secondary N) is 1. The molecule has 1 N–H and O–H groups in total. The second-order valence-corrected chi connectivity index (χ2v) is 6.52. The summed E-state index contributed by atoms with van der Waals surface area (Å²) in [5, 5.41) is 2.99. The number of imidazole rings is 1. The second-order valence-electron chi connectivity index (χ2n) is 6.52. The van der Waals surface area contributed by atoms with Crippen molar-refractivity contribution in [3.8, 4) is 0 Å². The number of amides is 1. The molecular formula is C18H19N5O2. The first-order chi connectivity index (χ1) is 12.1. The lowest BCUT2D eigenvalue weighted by molar-refractivity contribution is 0.0927. The SMILES string of the molecule is Cc1cccc2ncc(C(=O)NC(c3nccn3C)C3CC3)c(=O)n12. The van der Waals surface area contributed by atoms with E-state index in [2.05, 4.69) is 15.3 Å². The van der Waals surface area contributed by atoms with Crippen molar-refractivity contribution in [2.75, 3.05) is 0 Å². The molecule has 0 spiro atoms. The molecule has 3 aromatic rings. The number of pyridine rings is 1. The van der Waals surface area contributed by atoms with Gasteiger partial charge in [-0.15, -0.1) is 0 Å². The van der Waals surface area contributed by atoms with Crippen molar-refractivity contribution in [3.05, 3.63) is 64.2 Å². The first kappa shape index (κ1) is 15.6. The highest BCUT2D eigenvalue weighted by molar-refractivity contribution is 5.94. The number of rotatable bonds is 4. The molecule has 4 rings (SSSR count). The number of hydrogen-bond donors (Lipinski definition) is 1. The third kappa shape index (κ3) is 2.71. The molecule has 3 aromatic heterocycles. The quantitative estimate of drug-likeness (QED) is 0.784. The lowest BCUT2D eigenvalue weighted by Gasteiger charge is -2.18. The summed E-state index contributed by atoms with van der Waals surface area (Å²) in [5.41, 5.74) is 0.971. The first-order valence-electron chi connectivity index (χ1n) is 8.31. The van der Waals surface area contributed by atoms with Crippen LogP contribution in [0.2, 0.25) is 0 Å². The maximum atomic E-state index is 12.8. The Morgan fingerprint density at radius 1 is 1.32 bits per heavy atom. The van der Waals surface area contributed by atoms with Crippen molar-refractivity contribution in [2.45, 2.75) is 25.8 Å². The van der Waals surface area contributed by atoms with Gasteiger partial charge in [0.25, 0.3) is 11.5 Å². The van der Waals surface area contributed by atoms with Crippen LogP contribution >= 0.6 is 0 Å². The van der Waals surface area contributed by atoms with Crippen LogP contribution in [0.25, 0.3) is 5.65 Å². The summed E-state index contributed by atoms with van der Waals surface area (Å²) < 4.78 is 3.36. The van der Waals surface area contributed by atoms with Gasteiger partial charge in [-0.25, -0.2) is 9.97 Å². The van der Waals surface area contributed by atoms with Crippen LogP contribution in [-0.4, -0.2) is 24.8 Å². The van der Waals surface area contributed by atoms with Crippen LogP contribution in [0.4, 0.5) is 0 Å². The topological polar surface area (TPSA) is 81.3 Å². The molecule has 1 atom stereocenters. The lowest BCUT2D eigenvalue weighted by atomic mass is 10.1. The molecule has 7 nitrogen and oxygen atoms in total. The smallest absolute Gasteiger partial charge is 0.270 e. The Balaban J connectivity index is 1.70. The van der Waals surface area contributed by atoms with E-state index in [4.69, 9.17) is 0 Å². The molecule has 128 valence electrons. The number of carbonyl (C=O) groups is 1.